The first-order valence-corrected chi connectivity index (χ1v) is 8.39. The van der Waals surface area contributed by atoms with Crippen molar-refractivity contribution in [1.29, 1.82) is 0 Å². The zero-order valence-electron chi connectivity index (χ0n) is 14.1. The number of ether oxygens (including phenoxy) is 2. The van der Waals surface area contributed by atoms with E-state index in [9.17, 15) is 4.79 Å². The molecule has 128 valence electrons. The molecule has 0 amide bonds. The van der Waals surface area contributed by atoms with Crippen LogP contribution in [0.2, 0.25) is 0 Å². The fraction of sp³-hybridized carbons (Fsp3) is 0.611. The topological polar surface area (TPSA) is 59.0 Å². The van der Waals surface area contributed by atoms with Gasteiger partial charge >= 0.3 is 5.97 Å². The van der Waals surface area contributed by atoms with Gasteiger partial charge in [0.2, 0.25) is 0 Å². The number of nitrogens with zero attached hydrogens (tertiary/aromatic N) is 1. The summed E-state index contributed by atoms with van der Waals surface area (Å²) < 4.78 is 11.2. The van der Waals surface area contributed by atoms with Gasteiger partial charge in [-0.3, -0.25) is 9.69 Å². The maximum atomic E-state index is 11.0. The van der Waals surface area contributed by atoms with Crippen LogP contribution < -0.4 is 9.47 Å². The second-order valence-corrected chi connectivity index (χ2v) is 6.08. The highest BCUT2D eigenvalue weighted by Gasteiger charge is 2.24. The van der Waals surface area contributed by atoms with E-state index in [2.05, 4.69) is 17.9 Å². The Morgan fingerprint density at radius 2 is 2.04 bits per heavy atom. The van der Waals surface area contributed by atoms with Gasteiger partial charge in [-0.05, 0) is 50.0 Å². The number of hydrogen-bond donors (Lipinski definition) is 1. The molecule has 5 nitrogen and oxygen atoms in total. The molecule has 1 N–H and O–H groups in total. The van der Waals surface area contributed by atoms with Crippen LogP contribution in [0.5, 0.6) is 11.5 Å². The molecule has 0 spiro atoms. The Morgan fingerprint density at radius 3 is 2.65 bits per heavy atom. The highest BCUT2D eigenvalue weighted by atomic mass is 16.5. The first-order valence-electron chi connectivity index (χ1n) is 8.39. The Labute approximate surface area is 138 Å². The van der Waals surface area contributed by atoms with E-state index in [0.29, 0.717) is 6.61 Å². The third kappa shape index (κ3) is 5.13. The number of unbranched alkanes of at least 4 members (excludes halogenated alkanes) is 1. The minimum atomic E-state index is -0.666. The molecule has 1 aromatic rings. The van der Waals surface area contributed by atoms with E-state index in [0.717, 1.165) is 56.8 Å². The van der Waals surface area contributed by atoms with Gasteiger partial charge in [-0.1, -0.05) is 19.4 Å². The van der Waals surface area contributed by atoms with Gasteiger partial charge in [0.1, 0.15) is 0 Å². The molecule has 0 unspecified atom stereocenters. The number of aliphatic carboxylic acids is 1. The zero-order valence-corrected chi connectivity index (χ0v) is 14.1. The minimum absolute atomic E-state index is 0.185. The Kier molecular flexibility index (Phi) is 6.71. The molecule has 1 heterocycles. The second kappa shape index (κ2) is 8.77. The monoisotopic (exact) mass is 321 g/mol. The maximum Gasteiger partial charge on any atom is 0.306 e. The zero-order chi connectivity index (χ0) is 16.7. The lowest BCUT2D eigenvalue weighted by molar-refractivity contribution is -0.143. The van der Waals surface area contributed by atoms with E-state index < -0.39 is 5.97 Å². The number of piperidine rings is 1. The van der Waals surface area contributed by atoms with E-state index in [1.54, 1.807) is 7.11 Å². The SMILES string of the molecule is CCCCOc1cc(CN2CCC(C(=O)O)CC2)ccc1OC. The normalized spacial score (nSPS) is 16.3. The molecular weight excluding hydrogens is 294 g/mol. The fourth-order valence-electron chi connectivity index (χ4n) is 2.85. The van der Waals surface area contributed by atoms with Gasteiger partial charge in [-0.15, -0.1) is 0 Å². The predicted octanol–water partition coefficient (Wildman–Crippen LogP) is 3.17. The summed E-state index contributed by atoms with van der Waals surface area (Å²) in [4.78, 5) is 13.3. The van der Waals surface area contributed by atoms with Crippen LogP contribution in [-0.2, 0) is 11.3 Å². The van der Waals surface area contributed by atoms with Gasteiger partial charge < -0.3 is 14.6 Å². The van der Waals surface area contributed by atoms with Gasteiger partial charge in [0.15, 0.2) is 11.5 Å². The predicted molar refractivity (Wildman–Crippen MR) is 89.0 cm³/mol. The summed E-state index contributed by atoms with van der Waals surface area (Å²) in [6, 6.07) is 6.03. The molecule has 0 aromatic heterocycles. The summed E-state index contributed by atoms with van der Waals surface area (Å²) in [5.41, 5.74) is 1.17. The van der Waals surface area contributed by atoms with Gasteiger partial charge in [0.05, 0.1) is 19.6 Å². The molecule has 2 rings (SSSR count). The number of likely N-dealkylation sites (tertiary alicyclic amines) is 1. The highest BCUT2D eigenvalue weighted by Crippen LogP contribution is 2.29. The standard InChI is InChI=1S/C18H27NO4/c1-3-4-11-23-17-12-14(5-6-16(17)22-2)13-19-9-7-15(8-10-19)18(20)21/h5-6,12,15H,3-4,7-11,13H2,1-2H3,(H,20,21). The van der Waals surface area contributed by atoms with Crippen LogP contribution in [0, 0.1) is 5.92 Å². The molecule has 23 heavy (non-hydrogen) atoms. The second-order valence-electron chi connectivity index (χ2n) is 6.08. The van der Waals surface area contributed by atoms with Crippen molar-refractivity contribution in [2.45, 2.75) is 39.2 Å². The maximum absolute atomic E-state index is 11.0. The molecule has 0 aliphatic carbocycles. The molecular formula is C18H27NO4. The first-order chi connectivity index (χ1) is 11.1. The number of carbonyl (C=O) groups is 1. The molecule has 5 heteroatoms. The van der Waals surface area contributed by atoms with Crippen molar-refractivity contribution < 1.29 is 19.4 Å². The Morgan fingerprint density at radius 1 is 1.30 bits per heavy atom. The van der Waals surface area contributed by atoms with Crippen molar-refractivity contribution in [3.63, 3.8) is 0 Å². The van der Waals surface area contributed by atoms with Crippen LogP contribution in [0.4, 0.5) is 0 Å². The van der Waals surface area contributed by atoms with Crippen molar-refractivity contribution in [3.05, 3.63) is 23.8 Å². The molecule has 0 radical (unpaired) electrons. The number of rotatable bonds is 8. The molecule has 1 aliphatic heterocycles. The van der Waals surface area contributed by atoms with E-state index in [4.69, 9.17) is 14.6 Å². The van der Waals surface area contributed by atoms with Crippen molar-refractivity contribution in [2.75, 3.05) is 26.8 Å². The smallest absolute Gasteiger partial charge is 0.306 e. The van der Waals surface area contributed by atoms with E-state index in [-0.39, 0.29) is 5.92 Å². The number of carboxylic acid groups (broad SMARTS) is 1. The van der Waals surface area contributed by atoms with Crippen LogP contribution in [0.15, 0.2) is 18.2 Å². The number of benzene rings is 1. The Bertz CT molecular complexity index is 510. The van der Waals surface area contributed by atoms with Crippen molar-refractivity contribution in [3.8, 4) is 11.5 Å². The minimum Gasteiger partial charge on any atom is -0.493 e. The van der Waals surface area contributed by atoms with Crippen molar-refractivity contribution in [2.24, 2.45) is 5.92 Å². The van der Waals surface area contributed by atoms with Crippen LogP contribution in [0.25, 0.3) is 0 Å². The number of methoxy groups -OCH3 is 1. The lowest BCUT2D eigenvalue weighted by atomic mass is 9.97. The summed E-state index contributed by atoms with van der Waals surface area (Å²) in [6.45, 7) is 5.31. The quantitative estimate of drug-likeness (QED) is 0.745. The first kappa shape index (κ1) is 17.6. The fourth-order valence-corrected chi connectivity index (χ4v) is 2.85. The van der Waals surface area contributed by atoms with Crippen LogP contribution in [-0.4, -0.2) is 42.8 Å². The molecule has 1 fully saturated rings. The Hall–Kier alpha value is -1.75. The largest absolute Gasteiger partial charge is 0.493 e. The number of carboxylic acids is 1. The lowest BCUT2D eigenvalue weighted by Gasteiger charge is -2.30. The van der Waals surface area contributed by atoms with Crippen LogP contribution in [0.1, 0.15) is 38.2 Å². The summed E-state index contributed by atoms with van der Waals surface area (Å²) in [5.74, 6) is 0.698. The summed E-state index contributed by atoms with van der Waals surface area (Å²) in [5, 5.41) is 9.06. The highest BCUT2D eigenvalue weighted by molar-refractivity contribution is 5.70. The molecule has 0 saturated carbocycles. The molecule has 1 saturated heterocycles. The molecule has 1 aromatic carbocycles. The third-order valence-electron chi connectivity index (χ3n) is 4.33. The third-order valence-corrected chi connectivity index (χ3v) is 4.33. The number of hydrogen-bond acceptors (Lipinski definition) is 4. The van der Waals surface area contributed by atoms with Gasteiger partial charge in [0.25, 0.3) is 0 Å². The summed E-state index contributed by atoms with van der Waals surface area (Å²) in [7, 11) is 1.65. The van der Waals surface area contributed by atoms with Crippen molar-refractivity contribution in [1.82, 2.24) is 4.90 Å². The Balaban J connectivity index is 1.94. The van der Waals surface area contributed by atoms with Crippen molar-refractivity contribution >= 4 is 5.97 Å². The van der Waals surface area contributed by atoms with Gasteiger partial charge in [-0.2, -0.15) is 0 Å². The molecule has 0 bridgehead atoms. The molecule has 0 atom stereocenters. The van der Waals surface area contributed by atoms with Gasteiger partial charge in [0, 0.05) is 6.54 Å². The average Bonchev–Trinajstić information content (AvgIpc) is 2.56. The average molecular weight is 321 g/mol. The molecule has 1 aliphatic rings. The van der Waals surface area contributed by atoms with Gasteiger partial charge in [-0.25, -0.2) is 0 Å². The van der Waals surface area contributed by atoms with Crippen LogP contribution in [0.3, 0.4) is 0 Å². The summed E-state index contributed by atoms with van der Waals surface area (Å²) >= 11 is 0. The van der Waals surface area contributed by atoms with E-state index in [1.807, 2.05) is 12.1 Å². The lowest BCUT2D eigenvalue weighted by Crippen LogP contribution is -2.35. The van der Waals surface area contributed by atoms with Crippen LogP contribution >= 0.6 is 0 Å². The summed E-state index contributed by atoms with van der Waals surface area (Å²) in [6.07, 6.45) is 3.58. The van der Waals surface area contributed by atoms with E-state index >= 15 is 0 Å². The van der Waals surface area contributed by atoms with E-state index in [1.165, 1.54) is 5.56 Å².